The number of benzene rings is 1. The Morgan fingerprint density at radius 2 is 1.90 bits per heavy atom. The maximum atomic E-state index is 13.7. The molecule has 1 rings (SSSR count). The molecule has 0 amide bonds. The zero-order chi connectivity index (χ0) is 16.3. The minimum absolute atomic E-state index is 0.134. The van der Waals surface area contributed by atoms with E-state index in [-0.39, 0.29) is 16.3 Å². The van der Waals surface area contributed by atoms with E-state index < -0.39 is 30.6 Å². The molecule has 0 bridgehead atoms. The first-order chi connectivity index (χ1) is 9.58. The second-order valence-electron chi connectivity index (χ2n) is 4.56. The van der Waals surface area contributed by atoms with E-state index in [1.165, 1.54) is 0 Å². The highest BCUT2D eigenvalue weighted by Crippen LogP contribution is 2.19. The fourth-order valence-electron chi connectivity index (χ4n) is 1.55. The average Bonchev–Trinajstić information content (AvgIpc) is 2.37. The monoisotopic (exact) mass is 401 g/mol. The topological polar surface area (TPSA) is 80.3 Å². The van der Waals surface area contributed by atoms with Crippen LogP contribution in [0.15, 0.2) is 28.0 Å². The summed E-state index contributed by atoms with van der Waals surface area (Å²) in [6.45, 7) is 2.08. The molecule has 0 aliphatic carbocycles. The van der Waals surface area contributed by atoms with Gasteiger partial charge in [-0.3, -0.25) is 0 Å². The van der Waals surface area contributed by atoms with Crippen molar-refractivity contribution in [2.24, 2.45) is 0 Å². The number of hydrogen-bond acceptors (Lipinski definition) is 4. The second-order valence-corrected chi connectivity index (χ2v) is 9.60. The quantitative estimate of drug-likeness (QED) is 0.560. The number of hydrogen-bond donors (Lipinski definition) is 1. The predicted molar refractivity (Wildman–Crippen MR) is 82.3 cm³/mol. The number of nitrogens with one attached hydrogen (secondary N) is 1. The van der Waals surface area contributed by atoms with Gasteiger partial charge < -0.3 is 0 Å². The van der Waals surface area contributed by atoms with Gasteiger partial charge in [0.05, 0.1) is 4.90 Å². The average molecular weight is 402 g/mol. The van der Waals surface area contributed by atoms with Crippen molar-refractivity contribution in [1.29, 1.82) is 0 Å². The summed E-state index contributed by atoms with van der Waals surface area (Å²) in [5.41, 5.74) is 0. The number of sulfonamides is 1. The first-order valence-corrected chi connectivity index (χ1v) is 10.5. The lowest BCUT2D eigenvalue weighted by Crippen LogP contribution is -2.27. The van der Waals surface area contributed by atoms with Gasteiger partial charge in [-0.15, -0.1) is 0 Å². The molecular formula is C12H17BrFNO4S2. The fourth-order valence-corrected chi connectivity index (χ4v) is 3.65. The van der Waals surface area contributed by atoms with E-state index in [0.717, 1.165) is 30.9 Å². The summed E-state index contributed by atoms with van der Waals surface area (Å²) in [5.74, 6) is -0.985. The van der Waals surface area contributed by atoms with Crippen LogP contribution in [0.3, 0.4) is 0 Å². The van der Waals surface area contributed by atoms with Crippen molar-refractivity contribution in [3.8, 4) is 0 Å². The molecule has 120 valence electrons. The predicted octanol–water partition coefficient (Wildman–Crippen LogP) is 2.07. The normalized spacial score (nSPS) is 14.1. The molecule has 1 atom stereocenters. The van der Waals surface area contributed by atoms with Crippen molar-refractivity contribution in [3.05, 3.63) is 24.0 Å². The highest BCUT2D eigenvalue weighted by atomic mass is 79.9. The molecule has 1 aromatic carbocycles. The molecule has 0 radical (unpaired) electrons. The summed E-state index contributed by atoms with van der Waals surface area (Å²) < 4.78 is 62.9. The Morgan fingerprint density at radius 3 is 2.43 bits per heavy atom. The fraction of sp³-hybridized carbons (Fsp3) is 0.500. The molecule has 0 saturated carbocycles. The smallest absolute Gasteiger partial charge is 0.224 e. The Morgan fingerprint density at radius 1 is 1.29 bits per heavy atom. The molecular weight excluding hydrogens is 385 g/mol. The van der Waals surface area contributed by atoms with Gasteiger partial charge in [0.1, 0.15) is 10.7 Å². The van der Waals surface area contributed by atoms with Crippen molar-refractivity contribution in [1.82, 2.24) is 4.72 Å². The molecule has 0 heterocycles. The third-order valence-corrected chi connectivity index (χ3v) is 6.50. The summed E-state index contributed by atoms with van der Waals surface area (Å²) in [5, 5.41) is 0. The Balaban J connectivity index is 3.03. The van der Waals surface area contributed by atoms with Crippen LogP contribution in [0.4, 0.5) is 4.39 Å². The van der Waals surface area contributed by atoms with Gasteiger partial charge >= 0.3 is 0 Å². The van der Waals surface area contributed by atoms with Gasteiger partial charge in [0.15, 0.2) is 9.84 Å². The van der Waals surface area contributed by atoms with Crippen LogP contribution in [0.1, 0.15) is 19.8 Å². The van der Waals surface area contributed by atoms with Gasteiger partial charge in [0, 0.05) is 17.6 Å². The zero-order valence-electron chi connectivity index (χ0n) is 11.6. The first kappa shape index (κ1) is 18.5. The molecule has 0 spiro atoms. The summed E-state index contributed by atoms with van der Waals surface area (Å²) in [6, 6.07) is 2.71. The molecule has 5 nitrogen and oxygen atoms in total. The molecule has 9 heteroatoms. The highest BCUT2D eigenvalue weighted by Gasteiger charge is 2.21. The molecule has 0 fully saturated rings. The van der Waals surface area contributed by atoms with Crippen LogP contribution in [0, 0.1) is 5.82 Å². The summed E-state index contributed by atoms with van der Waals surface area (Å²) in [4.78, 5) is -0.739. The van der Waals surface area contributed by atoms with Gasteiger partial charge in [-0.2, -0.15) is 0 Å². The lowest BCUT2D eigenvalue weighted by atomic mass is 10.2. The second kappa shape index (κ2) is 7.17. The first-order valence-electron chi connectivity index (χ1n) is 6.21. The third kappa shape index (κ3) is 5.32. The molecule has 0 aromatic heterocycles. The minimum atomic E-state index is -4.09. The van der Waals surface area contributed by atoms with Gasteiger partial charge in [0.2, 0.25) is 10.0 Å². The number of sulfone groups is 1. The Hall–Kier alpha value is -0.510. The zero-order valence-corrected chi connectivity index (χ0v) is 14.9. The Labute approximate surface area is 133 Å². The molecule has 21 heavy (non-hydrogen) atoms. The SMILES string of the molecule is CCC(Br)CCNS(=O)(=O)c1cc(S(C)(=O)=O)ccc1F. The van der Waals surface area contributed by atoms with Crippen molar-refractivity contribution < 1.29 is 21.2 Å². The van der Waals surface area contributed by atoms with Crippen LogP contribution in [-0.2, 0) is 19.9 Å². The van der Waals surface area contributed by atoms with Crippen LogP contribution in [0.25, 0.3) is 0 Å². The maximum absolute atomic E-state index is 13.7. The van der Waals surface area contributed by atoms with Gasteiger partial charge in [0.25, 0.3) is 0 Å². The molecule has 0 saturated heterocycles. The lowest BCUT2D eigenvalue weighted by molar-refractivity contribution is 0.553. The standard InChI is InChI=1S/C12H17BrFNO4S2/c1-3-9(13)6-7-15-21(18,19)12-8-10(20(2,16)17)4-5-11(12)14/h4-5,8-9,15H,3,6-7H2,1-2H3. The van der Waals surface area contributed by atoms with Gasteiger partial charge in [-0.1, -0.05) is 22.9 Å². The maximum Gasteiger partial charge on any atom is 0.243 e. The number of halogens is 2. The highest BCUT2D eigenvalue weighted by molar-refractivity contribution is 9.09. The lowest BCUT2D eigenvalue weighted by Gasteiger charge is -2.10. The molecule has 1 aromatic rings. The van der Waals surface area contributed by atoms with E-state index in [1.54, 1.807) is 0 Å². The summed E-state index contributed by atoms with van der Waals surface area (Å²) in [7, 11) is -7.69. The van der Waals surface area contributed by atoms with Crippen LogP contribution >= 0.6 is 15.9 Å². The van der Waals surface area contributed by atoms with Gasteiger partial charge in [-0.25, -0.2) is 25.9 Å². The minimum Gasteiger partial charge on any atom is -0.224 e. The summed E-state index contributed by atoms with van der Waals surface area (Å²) >= 11 is 3.36. The number of rotatable bonds is 7. The molecule has 1 unspecified atom stereocenters. The third-order valence-electron chi connectivity index (χ3n) is 2.81. The molecule has 1 N–H and O–H groups in total. The van der Waals surface area contributed by atoms with E-state index in [4.69, 9.17) is 0 Å². The van der Waals surface area contributed by atoms with E-state index in [0.29, 0.717) is 6.42 Å². The van der Waals surface area contributed by atoms with Crippen LogP contribution in [-0.4, -0.2) is 34.5 Å². The van der Waals surface area contributed by atoms with Crippen LogP contribution in [0.5, 0.6) is 0 Å². The van der Waals surface area contributed by atoms with Gasteiger partial charge in [-0.05, 0) is 31.0 Å². The Kier molecular flexibility index (Phi) is 6.33. The van der Waals surface area contributed by atoms with E-state index >= 15 is 0 Å². The van der Waals surface area contributed by atoms with Crippen molar-refractivity contribution >= 4 is 35.8 Å². The Bertz CT molecular complexity index is 704. The van der Waals surface area contributed by atoms with Crippen LogP contribution in [0.2, 0.25) is 0 Å². The van der Waals surface area contributed by atoms with Crippen molar-refractivity contribution in [3.63, 3.8) is 0 Å². The number of alkyl halides is 1. The summed E-state index contributed by atoms with van der Waals surface area (Å²) in [6.07, 6.45) is 2.31. The molecule has 0 aliphatic rings. The van der Waals surface area contributed by atoms with Crippen LogP contribution < -0.4 is 4.72 Å². The van der Waals surface area contributed by atoms with Crippen molar-refractivity contribution in [2.45, 2.75) is 34.4 Å². The largest absolute Gasteiger partial charge is 0.243 e. The van der Waals surface area contributed by atoms with Crippen molar-refractivity contribution in [2.75, 3.05) is 12.8 Å². The van der Waals surface area contributed by atoms with E-state index in [1.807, 2.05) is 6.92 Å². The van der Waals surface area contributed by atoms with E-state index in [2.05, 4.69) is 20.7 Å². The molecule has 0 aliphatic heterocycles. The van der Waals surface area contributed by atoms with E-state index in [9.17, 15) is 21.2 Å².